The van der Waals surface area contributed by atoms with Crippen molar-refractivity contribution in [2.75, 3.05) is 20.0 Å². The minimum atomic E-state index is -0.217. The second-order valence-electron chi connectivity index (χ2n) is 3.86. The zero-order valence-corrected chi connectivity index (χ0v) is 10.9. The summed E-state index contributed by atoms with van der Waals surface area (Å²) >= 11 is 0. The van der Waals surface area contributed by atoms with Gasteiger partial charge in [0, 0.05) is 12.5 Å². The van der Waals surface area contributed by atoms with E-state index < -0.39 is 0 Å². The van der Waals surface area contributed by atoms with E-state index in [-0.39, 0.29) is 17.5 Å². The van der Waals surface area contributed by atoms with Crippen LogP contribution in [0.3, 0.4) is 0 Å². The molecule has 0 atom stereocenters. The van der Waals surface area contributed by atoms with Gasteiger partial charge in [0.05, 0.1) is 14.2 Å². The van der Waals surface area contributed by atoms with Gasteiger partial charge in [0.2, 0.25) is 0 Å². The average Bonchev–Trinajstić information content (AvgIpc) is 2.80. The Bertz CT molecular complexity index is 619. The smallest absolute Gasteiger partial charge is 0.293 e. The van der Waals surface area contributed by atoms with Crippen LogP contribution >= 0.6 is 0 Å². The maximum atomic E-state index is 11.5. The lowest BCUT2D eigenvalue weighted by Crippen LogP contribution is -1.96. The van der Waals surface area contributed by atoms with Gasteiger partial charge in [0.1, 0.15) is 0 Å². The van der Waals surface area contributed by atoms with Crippen LogP contribution in [-0.2, 0) is 0 Å². The topological polar surface area (TPSA) is 87.6 Å². The summed E-state index contributed by atoms with van der Waals surface area (Å²) in [6.45, 7) is 1.40. The molecular weight excluding hydrogens is 248 g/mol. The number of ether oxygens (including phenoxy) is 2. The highest BCUT2D eigenvalue weighted by atomic mass is 16.5. The average molecular weight is 262 g/mol. The molecule has 0 fully saturated rings. The fourth-order valence-electron chi connectivity index (χ4n) is 1.75. The number of methoxy groups -OCH3 is 2. The Morgan fingerprint density at radius 3 is 2.53 bits per heavy atom. The maximum absolute atomic E-state index is 11.5. The summed E-state index contributed by atoms with van der Waals surface area (Å²) in [5, 5.41) is 0. The summed E-state index contributed by atoms with van der Waals surface area (Å²) in [5.74, 6) is 1.23. The Morgan fingerprint density at radius 2 is 1.95 bits per heavy atom. The van der Waals surface area contributed by atoms with Crippen LogP contribution in [0, 0.1) is 0 Å². The molecule has 0 saturated carbocycles. The second-order valence-corrected chi connectivity index (χ2v) is 3.86. The molecule has 1 aromatic heterocycles. The number of nitrogens with zero attached hydrogens (tertiary/aromatic N) is 1. The van der Waals surface area contributed by atoms with Gasteiger partial charge in [-0.1, -0.05) is 0 Å². The van der Waals surface area contributed by atoms with Crippen LogP contribution in [0.1, 0.15) is 17.4 Å². The minimum absolute atomic E-state index is 0.0463. The van der Waals surface area contributed by atoms with Crippen LogP contribution in [0.15, 0.2) is 22.6 Å². The number of hydrogen-bond acceptors (Lipinski definition) is 6. The van der Waals surface area contributed by atoms with Gasteiger partial charge in [-0.15, -0.1) is 0 Å². The van der Waals surface area contributed by atoms with Crippen LogP contribution in [0.4, 0.5) is 6.01 Å². The Kier molecular flexibility index (Phi) is 3.41. The molecule has 0 radical (unpaired) electrons. The summed E-state index contributed by atoms with van der Waals surface area (Å²) in [4.78, 5) is 15.4. The number of anilines is 1. The first-order valence-electron chi connectivity index (χ1n) is 5.56. The first-order chi connectivity index (χ1) is 9.06. The van der Waals surface area contributed by atoms with Gasteiger partial charge < -0.3 is 19.6 Å². The van der Waals surface area contributed by atoms with Crippen LogP contribution in [-0.4, -0.2) is 25.0 Å². The molecule has 0 aliphatic carbocycles. The molecule has 6 nitrogen and oxygen atoms in total. The second kappa shape index (κ2) is 5.01. The lowest BCUT2D eigenvalue weighted by Gasteiger charge is -2.08. The van der Waals surface area contributed by atoms with E-state index in [1.807, 2.05) is 0 Å². The predicted octanol–water partition coefficient (Wildman–Crippen LogP) is 2.14. The van der Waals surface area contributed by atoms with E-state index in [9.17, 15) is 4.79 Å². The molecule has 2 aromatic rings. The van der Waals surface area contributed by atoms with E-state index in [0.29, 0.717) is 22.8 Å². The quantitative estimate of drug-likeness (QED) is 0.849. The number of aromatic nitrogens is 1. The van der Waals surface area contributed by atoms with Crippen LogP contribution < -0.4 is 15.2 Å². The molecule has 0 unspecified atom stereocenters. The zero-order chi connectivity index (χ0) is 14.0. The number of hydrogen-bond donors (Lipinski definition) is 1. The van der Waals surface area contributed by atoms with Crippen molar-refractivity contribution in [2.45, 2.75) is 6.92 Å². The lowest BCUT2D eigenvalue weighted by molar-refractivity contribution is 0.101. The number of Topliss-reactive ketones (excluding diaryl/α,β-unsaturated/α-hetero) is 1. The van der Waals surface area contributed by atoms with Crippen molar-refractivity contribution in [3.63, 3.8) is 0 Å². The largest absolute Gasteiger partial charge is 0.493 e. The molecule has 2 rings (SSSR count). The molecule has 6 heteroatoms. The summed E-state index contributed by atoms with van der Waals surface area (Å²) in [6.07, 6.45) is 0. The number of nitrogen functional groups attached to an aromatic ring is 1. The van der Waals surface area contributed by atoms with E-state index in [0.717, 1.165) is 0 Å². The van der Waals surface area contributed by atoms with E-state index in [2.05, 4.69) is 4.98 Å². The molecular formula is C13H14N2O4. The summed E-state index contributed by atoms with van der Waals surface area (Å²) in [5.41, 5.74) is 6.34. The fraction of sp³-hybridized carbons (Fsp3) is 0.231. The standard InChI is InChI=1S/C13H14N2O4/c1-7(16)11-12(19-13(14)15-11)8-4-5-9(17-2)10(6-8)18-3/h4-6H,1-3H3,(H2,14,15). The van der Waals surface area contributed by atoms with Gasteiger partial charge in [0.15, 0.2) is 28.7 Å². The molecule has 19 heavy (non-hydrogen) atoms. The molecule has 1 aromatic carbocycles. The summed E-state index contributed by atoms with van der Waals surface area (Å²) < 4.78 is 15.6. The predicted molar refractivity (Wildman–Crippen MR) is 69.5 cm³/mol. The molecule has 2 N–H and O–H groups in total. The maximum Gasteiger partial charge on any atom is 0.293 e. The Morgan fingerprint density at radius 1 is 1.26 bits per heavy atom. The lowest BCUT2D eigenvalue weighted by atomic mass is 10.1. The first kappa shape index (κ1) is 12.9. The van der Waals surface area contributed by atoms with Gasteiger partial charge in [-0.2, -0.15) is 4.98 Å². The third-order valence-corrected chi connectivity index (χ3v) is 2.62. The molecule has 1 heterocycles. The van der Waals surface area contributed by atoms with E-state index >= 15 is 0 Å². The van der Waals surface area contributed by atoms with Gasteiger partial charge in [-0.05, 0) is 18.2 Å². The summed E-state index contributed by atoms with van der Waals surface area (Å²) in [6, 6.07) is 5.12. The number of carbonyl (C=O) groups is 1. The minimum Gasteiger partial charge on any atom is -0.493 e. The molecule has 0 amide bonds. The Balaban J connectivity index is 2.56. The van der Waals surface area contributed by atoms with Crippen molar-refractivity contribution in [1.82, 2.24) is 4.98 Å². The first-order valence-corrected chi connectivity index (χ1v) is 5.56. The number of benzene rings is 1. The van der Waals surface area contributed by atoms with Crippen molar-refractivity contribution in [2.24, 2.45) is 0 Å². The van der Waals surface area contributed by atoms with Gasteiger partial charge in [-0.3, -0.25) is 4.79 Å². The van der Waals surface area contributed by atoms with Crippen LogP contribution in [0.25, 0.3) is 11.3 Å². The summed E-state index contributed by atoms with van der Waals surface area (Å²) in [7, 11) is 3.08. The highest BCUT2D eigenvalue weighted by Gasteiger charge is 2.18. The number of ketones is 1. The van der Waals surface area contributed by atoms with Gasteiger partial charge in [0.25, 0.3) is 6.01 Å². The fourth-order valence-corrected chi connectivity index (χ4v) is 1.75. The highest BCUT2D eigenvalue weighted by Crippen LogP contribution is 2.34. The van der Waals surface area contributed by atoms with Crippen molar-refractivity contribution < 1.29 is 18.7 Å². The molecule has 0 aliphatic rings. The molecule has 0 saturated heterocycles. The normalized spacial score (nSPS) is 10.3. The third-order valence-electron chi connectivity index (χ3n) is 2.62. The number of nitrogens with two attached hydrogens (primary N) is 1. The number of carbonyl (C=O) groups excluding carboxylic acids is 1. The molecule has 0 spiro atoms. The molecule has 100 valence electrons. The zero-order valence-electron chi connectivity index (χ0n) is 10.9. The van der Waals surface area contributed by atoms with E-state index in [1.165, 1.54) is 14.0 Å². The van der Waals surface area contributed by atoms with Gasteiger partial charge in [-0.25, -0.2) is 0 Å². The Hall–Kier alpha value is -2.50. The Labute approximate surface area is 110 Å². The van der Waals surface area contributed by atoms with Crippen molar-refractivity contribution in [3.8, 4) is 22.8 Å². The van der Waals surface area contributed by atoms with Crippen molar-refractivity contribution in [3.05, 3.63) is 23.9 Å². The SMILES string of the molecule is COc1ccc(-c2oc(N)nc2C(C)=O)cc1OC. The van der Waals surface area contributed by atoms with Crippen LogP contribution in [0.2, 0.25) is 0 Å². The third kappa shape index (κ3) is 2.37. The molecule has 0 aliphatic heterocycles. The number of oxazole rings is 1. The highest BCUT2D eigenvalue weighted by molar-refractivity contribution is 5.98. The van der Waals surface area contributed by atoms with Crippen molar-refractivity contribution in [1.29, 1.82) is 0 Å². The van der Waals surface area contributed by atoms with Crippen LogP contribution in [0.5, 0.6) is 11.5 Å². The van der Waals surface area contributed by atoms with Gasteiger partial charge >= 0.3 is 0 Å². The van der Waals surface area contributed by atoms with Crippen molar-refractivity contribution >= 4 is 11.8 Å². The van der Waals surface area contributed by atoms with E-state index in [4.69, 9.17) is 19.6 Å². The van der Waals surface area contributed by atoms with E-state index in [1.54, 1.807) is 25.3 Å². The number of rotatable bonds is 4. The monoisotopic (exact) mass is 262 g/mol. The molecule has 0 bridgehead atoms.